The minimum atomic E-state index is -0.846. The number of carbonyl (C=O) groups is 2. The molecule has 0 heterocycles. The predicted octanol–water partition coefficient (Wildman–Crippen LogP) is -0.961. The molecule has 0 unspecified atom stereocenters. The number of nitrogens with one attached hydrogen (secondary N) is 2. The number of aromatic hydroxyl groups is 3. The van der Waals surface area contributed by atoms with E-state index in [0.717, 1.165) is 12.1 Å². The molecule has 0 aromatic heterocycles. The van der Waals surface area contributed by atoms with Crippen molar-refractivity contribution in [2.45, 2.75) is 0 Å². The number of rotatable bonds is 3. The third-order valence-electron chi connectivity index (χ3n) is 1.91. The maximum absolute atomic E-state index is 11.4. The molecule has 0 aliphatic heterocycles. The first-order valence-corrected chi connectivity index (χ1v) is 4.42. The molecule has 8 heteroatoms. The molecule has 0 aliphatic rings. The van der Waals surface area contributed by atoms with Crippen LogP contribution in [-0.4, -0.2) is 38.9 Å². The van der Waals surface area contributed by atoms with Gasteiger partial charge in [0.2, 0.25) is 5.75 Å². The monoisotopic (exact) mass is 242 g/mol. The molecule has 2 amide bonds. The number of phenolic OH excluding ortho intramolecular Hbond substituents is 3. The van der Waals surface area contributed by atoms with Crippen molar-refractivity contribution in [3.8, 4) is 17.2 Å². The SMILES string of the molecule is O=C(CNC(=O)c1ccc(O)c(O)c1O)NO. The minimum absolute atomic E-state index is 0.314. The predicted molar refractivity (Wildman–Crippen MR) is 53.7 cm³/mol. The van der Waals surface area contributed by atoms with Gasteiger partial charge in [-0.15, -0.1) is 0 Å². The van der Waals surface area contributed by atoms with Crippen molar-refractivity contribution in [3.05, 3.63) is 17.7 Å². The summed E-state index contributed by atoms with van der Waals surface area (Å²) in [6, 6.07) is 2.08. The van der Waals surface area contributed by atoms with Crippen LogP contribution in [0.3, 0.4) is 0 Å². The number of phenols is 3. The summed E-state index contributed by atoms with van der Waals surface area (Å²) in [4.78, 5) is 22.0. The van der Waals surface area contributed by atoms with Crippen molar-refractivity contribution < 1.29 is 30.1 Å². The summed E-state index contributed by atoms with van der Waals surface area (Å²) in [5.41, 5.74) is 0.988. The summed E-state index contributed by atoms with van der Waals surface area (Å²) >= 11 is 0. The zero-order valence-corrected chi connectivity index (χ0v) is 8.47. The minimum Gasteiger partial charge on any atom is -0.504 e. The van der Waals surface area contributed by atoms with Crippen LogP contribution in [0.2, 0.25) is 0 Å². The van der Waals surface area contributed by atoms with E-state index in [0.29, 0.717) is 0 Å². The van der Waals surface area contributed by atoms with Crippen LogP contribution in [0.1, 0.15) is 10.4 Å². The largest absolute Gasteiger partial charge is 0.504 e. The Balaban J connectivity index is 2.83. The zero-order chi connectivity index (χ0) is 13.0. The molecule has 8 nitrogen and oxygen atoms in total. The van der Waals surface area contributed by atoms with Gasteiger partial charge in [-0.25, -0.2) is 5.48 Å². The number of benzene rings is 1. The van der Waals surface area contributed by atoms with E-state index in [9.17, 15) is 14.7 Å². The van der Waals surface area contributed by atoms with E-state index in [1.54, 1.807) is 0 Å². The highest BCUT2D eigenvalue weighted by Crippen LogP contribution is 2.36. The highest BCUT2D eigenvalue weighted by molar-refractivity contribution is 5.99. The molecule has 1 aromatic carbocycles. The first-order chi connectivity index (χ1) is 7.97. The second-order valence-electron chi connectivity index (χ2n) is 3.05. The van der Waals surface area contributed by atoms with Crippen LogP contribution in [0.4, 0.5) is 0 Å². The van der Waals surface area contributed by atoms with Crippen LogP contribution in [0.15, 0.2) is 12.1 Å². The third-order valence-corrected chi connectivity index (χ3v) is 1.91. The average Bonchev–Trinajstić information content (AvgIpc) is 2.32. The van der Waals surface area contributed by atoms with Gasteiger partial charge in [0.1, 0.15) is 0 Å². The lowest BCUT2D eigenvalue weighted by Gasteiger charge is -2.07. The Morgan fingerprint density at radius 1 is 1.12 bits per heavy atom. The first-order valence-electron chi connectivity index (χ1n) is 4.42. The summed E-state index contributed by atoms with van der Waals surface area (Å²) in [5, 5.41) is 37.8. The van der Waals surface area contributed by atoms with E-state index >= 15 is 0 Å². The molecule has 0 fully saturated rings. The van der Waals surface area contributed by atoms with Gasteiger partial charge in [0.25, 0.3) is 11.8 Å². The quantitative estimate of drug-likeness (QED) is 0.229. The summed E-state index contributed by atoms with van der Waals surface area (Å²) in [5.74, 6) is -3.90. The molecule has 92 valence electrons. The topological polar surface area (TPSA) is 139 Å². The Morgan fingerprint density at radius 3 is 2.35 bits per heavy atom. The molecule has 0 aliphatic carbocycles. The molecule has 0 saturated heterocycles. The standard InChI is InChI=1S/C9H10N2O6/c12-5-2-1-4(7(14)8(5)15)9(16)10-3-6(13)11-17/h1-2,12,14-15,17H,3H2,(H,10,16)(H,11,13). The van der Waals surface area contributed by atoms with Gasteiger partial charge < -0.3 is 20.6 Å². The molecule has 17 heavy (non-hydrogen) atoms. The lowest BCUT2D eigenvalue weighted by Crippen LogP contribution is -2.35. The highest BCUT2D eigenvalue weighted by atomic mass is 16.5. The van der Waals surface area contributed by atoms with Gasteiger partial charge in [-0.2, -0.15) is 0 Å². The summed E-state index contributed by atoms with van der Waals surface area (Å²) in [7, 11) is 0. The van der Waals surface area contributed by atoms with Crippen LogP contribution in [-0.2, 0) is 4.79 Å². The van der Waals surface area contributed by atoms with E-state index in [4.69, 9.17) is 15.4 Å². The zero-order valence-electron chi connectivity index (χ0n) is 8.47. The van der Waals surface area contributed by atoms with Crippen molar-refractivity contribution in [3.63, 3.8) is 0 Å². The Hall–Kier alpha value is -2.48. The second-order valence-corrected chi connectivity index (χ2v) is 3.05. The van der Waals surface area contributed by atoms with E-state index in [1.807, 2.05) is 0 Å². The molecular formula is C9H10N2O6. The van der Waals surface area contributed by atoms with Crippen molar-refractivity contribution in [2.24, 2.45) is 0 Å². The smallest absolute Gasteiger partial charge is 0.262 e. The lowest BCUT2D eigenvalue weighted by molar-refractivity contribution is -0.128. The van der Waals surface area contributed by atoms with Crippen LogP contribution < -0.4 is 10.8 Å². The number of hydrogen-bond acceptors (Lipinski definition) is 6. The second kappa shape index (κ2) is 5.03. The van der Waals surface area contributed by atoms with Gasteiger partial charge in [0, 0.05) is 0 Å². The van der Waals surface area contributed by atoms with E-state index in [2.05, 4.69) is 5.32 Å². The Labute approximate surface area is 95.1 Å². The molecule has 0 saturated carbocycles. The van der Waals surface area contributed by atoms with Crippen LogP contribution in [0.25, 0.3) is 0 Å². The van der Waals surface area contributed by atoms with Crippen LogP contribution in [0.5, 0.6) is 17.2 Å². The van der Waals surface area contributed by atoms with E-state index in [1.165, 1.54) is 5.48 Å². The maximum Gasteiger partial charge on any atom is 0.262 e. The maximum atomic E-state index is 11.4. The third kappa shape index (κ3) is 2.75. The van der Waals surface area contributed by atoms with Gasteiger partial charge in [-0.05, 0) is 12.1 Å². The molecule has 6 N–H and O–H groups in total. The van der Waals surface area contributed by atoms with Crippen molar-refractivity contribution in [1.82, 2.24) is 10.8 Å². The fourth-order valence-electron chi connectivity index (χ4n) is 1.05. The Bertz CT molecular complexity index is 459. The summed E-state index contributed by atoms with van der Waals surface area (Å²) < 4.78 is 0. The molecule has 0 bridgehead atoms. The van der Waals surface area contributed by atoms with E-state index in [-0.39, 0.29) is 5.56 Å². The number of hydroxylamine groups is 1. The number of amides is 2. The van der Waals surface area contributed by atoms with Gasteiger partial charge in [-0.3, -0.25) is 14.8 Å². The number of carbonyl (C=O) groups excluding carboxylic acids is 2. The fraction of sp³-hybridized carbons (Fsp3) is 0.111. The molecule has 0 spiro atoms. The normalized spacial score (nSPS) is 9.71. The van der Waals surface area contributed by atoms with Crippen molar-refractivity contribution in [2.75, 3.05) is 6.54 Å². The summed E-state index contributed by atoms with van der Waals surface area (Å²) in [6.07, 6.45) is 0. The Kier molecular flexibility index (Phi) is 3.73. The highest BCUT2D eigenvalue weighted by Gasteiger charge is 2.17. The van der Waals surface area contributed by atoms with Gasteiger partial charge in [-0.1, -0.05) is 0 Å². The van der Waals surface area contributed by atoms with Gasteiger partial charge >= 0.3 is 0 Å². The Morgan fingerprint density at radius 2 is 1.76 bits per heavy atom. The van der Waals surface area contributed by atoms with Crippen molar-refractivity contribution >= 4 is 11.8 Å². The summed E-state index contributed by atoms with van der Waals surface area (Å²) in [6.45, 7) is -0.504. The molecule has 0 atom stereocenters. The molecule has 0 radical (unpaired) electrons. The average molecular weight is 242 g/mol. The number of hydrogen-bond donors (Lipinski definition) is 6. The first kappa shape index (κ1) is 12.6. The van der Waals surface area contributed by atoms with Crippen molar-refractivity contribution in [1.29, 1.82) is 0 Å². The van der Waals surface area contributed by atoms with Gasteiger partial charge in [0.15, 0.2) is 11.5 Å². The van der Waals surface area contributed by atoms with Gasteiger partial charge in [0.05, 0.1) is 12.1 Å². The molecular weight excluding hydrogens is 232 g/mol. The fourth-order valence-corrected chi connectivity index (χ4v) is 1.05. The molecule has 1 aromatic rings. The van der Waals surface area contributed by atoms with Crippen LogP contribution in [0, 0.1) is 0 Å². The van der Waals surface area contributed by atoms with Crippen LogP contribution >= 0.6 is 0 Å². The lowest BCUT2D eigenvalue weighted by atomic mass is 10.1. The van der Waals surface area contributed by atoms with E-state index < -0.39 is 35.6 Å². The molecule has 1 rings (SSSR count).